The van der Waals surface area contributed by atoms with Crippen LogP contribution < -0.4 is 5.73 Å². The fourth-order valence-electron chi connectivity index (χ4n) is 6.26. The number of aryl methyl sites for hydroxylation is 1. The number of piperidine rings is 1. The van der Waals surface area contributed by atoms with Gasteiger partial charge in [-0.25, -0.2) is 4.68 Å². The number of amidine groups is 1. The van der Waals surface area contributed by atoms with Crippen molar-refractivity contribution in [1.82, 2.24) is 24.3 Å². The molecule has 1 aromatic carbocycles. The Hall–Kier alpha value is -4.33. The highest BCUT2D eigenvalue weighted by atomic mass is 15.5. The van der Waals surface area contributed by atoms with E-state index in [9.17, 15) is 0 Å². The molecule has 1 radical (unpaired) electrons. The van der Waals surface area contributed by atoms with Gasteiger partial charge in [-0.05, 0) is 62.1 Å². The predicted octanol–water partition coefficient (Wildman–Crippen LogP) is 4.98. The molecular formula is C32H34BN7+. The van der Waals surface area contributed by atoms with E-state index in [2.05, 4.69) is 119 Å². The van der Waals surface area contributed by atoms with E-state index < -0.39 is 0 Å². The second-order valence-corrected chi connectivity index (χ2v) is 11.7. The van der Waals surface area contributed by atoms with Gasteiger partial charge in [-0.3, -0.25) is 9.39 Å². The molecule has 3 aliphatic heterocycles. The molecule has 40 heavy (non-hydrogen) atoms. The lowest BCUT2D eigenvalue weighted by Crippen LogP contribution is -2.43. The fraction of sp³-hybridized carbons (Fsp3) is 0.281. The van der Waals surface area contributed by atoms with E-state index >= 15 is 0 Å². The first-order valence-electron chi connectivity index (χ1n) is 14.2. The first kappa shape index (κ1) is 24.7. The van der Waals surface area contributed by atoms with Crippen molar-refractivity contribution in [3.8, 4) is 17.1 Å². The van der Waals surface area contributed by atoms with Gasteiger partial charge in [-0.15, -0.1) is 5.10 Å². The number of nitrogens with two attached hydrogens (primary N) is 1. The Morgan fingerprint density at radius 2 is 1.82 bits per heavy atom. The van der Waals surface area contributed by atoms with E-state index in [1.54, 1.807) is 0 Å². The van der Waals surface area contributed by atoms with E-state index in [-0.39, 0.29) is 5.41 Å². The van der Waals surface area contributed by atoms with E-state index in [1.807, 2.05) is 17.0 Å². The molecule has 199 valence electrons. The van der Waals surface area contributed by atoms with Gasteiger partial charge >= 0.3 is 7.55 Å². The maximum absolute atomic E-state index is 6.32. The van der Waals surface area contributed by atoms with Gasteiger partial charge in [-0.2, -0.15) is 0 Å². The zero-order valence-electron chi connectivity index (χ0n) is 23.4. The highest BCUT2D eigenvalue weighted by Gasteiger charge is 2.41. The third-order valence-corrected chi connectivity index (χ3v) is 8.07. The maximum atomic E-state index is 6.32. The minimum atomic E-state index is -0.181. The first-order chi connectivity index (χ1) is 19.4. The molecule has 5 heterocycles. The molecule has 3 aromatic rings. The van der Waals surface area contributed by atoms with Crippen LogP contribution in [0.15, 0.2) is 96.0 Å². The van der Waals surface area contributed by atoms with Crippen molar-refractivity contribution in [2.24, 2.45) is 11.1 Å². The van der Waals surface area contributed by atoms with Gasteiger partial charge in [0.1, 0.15) is 17.2 Å². The summed E-state index contributed by atoms with van der Waals surface area (Å²) in [4.78, 5) is 2.35. The molecule has 0 bridgehead atoms. The Bertz CT molecular complexity index is 1700. The van der Waals surface area contributed by atoms with Crippen molar-refractivity contribution in [2.45, 2.75) is 40.0 Å². The van der Waals surface area contributed by atoms with Crippen LogP contribution in [-0.4, -0.2) is 55.3 Å². The topological polar surface area (TPSA) is 67.9 Å². The second kappa shape index (κ2) is 9.40. The second-order valence-electron chi connectivity index (χ2n) is 11.7. The van der Waals surface area contributed by atoms with Gasteiger partial charge in [0.25, 0.3) is 5.84 Å². The molecule has 7 rings (SSSR count). The minimum Gasteiger partial charge on any atom is -0.399 e. The van der Waals surface area contributed by atoms with Gasteiger partial charge in [-0.1, -0.05) is 61.1 Å². The quantitative estimate of drug-likeness (QED) is 0.385. The molecule has 1 aliphatic carbocycles. The summed E-state index contributed by atoms with van der Waals surface area (Å²) in [6.07, 6.45) is 18.9. The van der Waals surface area contributed by atoms with Crippen molar-refractivity contribution >= 4 is 19.0 Å². The summed E-state index contributed by atoms with van der Waals surface area (Å²) < 4.78 is 6.64. The van der Waals surface area contributed by atoms with Crippen LogP contribution in [0.4, 0.5) is 0 Å². The summed E-state index contributed by atoms with van der Waals surface area (Å²) in [7, 11) is 2.21. The Morgan fingerprint density at radius 1 is 0.975 bits per heavy atom. The molecule has 1 saturated heterocycles. The molecule has 0 amide bonds. The molecule has 0 saturated carbocycles. The van der Waals surface area contributed by atoms with E-state index in [0.29, 0.717) is 0 Å². The Labute approximate surface area is 236 Å². The lowest BCUT2D eigenvalue weighted by molar-refractivity contribution is -0.539. The molecule has 0 atom stereocenters. The number of rotatable bonds is 3. The van der Waals surface area contributed by atoms with Gasteiger partial charge in [0.15, 0.2) is 0 Å². The molecule has 0 unspecified atom stereocenters. The largest absolute Gasteiger partial charge is 0.553 e. The van der Waals surface area contributed by atoms with Crippen molar-refractivity contribution in [1.29, 1.82) is 0 Å². The third kappa shape index (κ3) is 4.28. The van der Waals surface area contributed by atoms with E-state index in [0.717, 1.165) is 47.1 Å². The van der Waals surface area contributed by atoms with Gasteiger partial charge in [0.05, 0.1) is 19.3 Å². The number of hydrogen-bond donors (Lipinski definition) is 1. The van der Waals surface area contributed by atoms with Crippen LogP contribution in [0.1, 0.15) is 44.4 Å². The number of hydrogen-bond acceptors (Lipinski definition) is 3. The number of fused-ring (bicyclic) bond motifs is 2. The summed E-state index contributed by atoms with van der Waals surface area (Å²) in [6.45, 7) is 8.66. The van der Waals surface area contributed by atoms with Gasteiger partial charge in [0, 0.05) is 34.0 Å². The van der Waals surface area contributed by atoms with Crippen LogP contribution in [0.5, 0.6) is 0 Å². The van der Waals surface area contributed by atoms with Gasteiger partial charge in [0.2, 0.25) is 0 Å². The number of aromatic nitrogens is 4. The standard InChI is InChI=1S/C32H34BN7/c1-22-8-7-9-23(18-22)26-21-38(36-35-26)30-15-13-28-31(24-10-11-25(34)20-32(2,3)19-24)27-12-14-29(39(27)33-40(28)30)37-16-5-4-6-17-37/h7-15,18-21H,4-6,16-17,34H2,1-3H3/q+1. The van der Waals surface area contributed by atoms with E-state index in [1.165, 1.54) is 41.9 Å². The highest BCUT2D eigenvalue weighted by molar-refractivity contribution is 6.40. The van der Waals surface area contributed by atoms with Crippen molar-refractivity contribution in [2.75, 3.05) is 13.1 Å². The maximum Gasteiger partial charge on any atom is 0.553 e. The summed E-state index contributed by atoms with van der Waals surface area (Å²) in [5.74, 6) is 2.17. The van der Waals surface area contributed by atoms with Crippen LogP contribution in [0.3, 0.4) is 0 Å². The monoisotopic (exact) mass is 527 g/mol. The van der Waals surface area contributed by atoms with Crippen LogP contribution >= 0.6 is 0 Å². The summed E-state index contributed by atoms with van der Waals surface area (Å²) in [6, 6.07) is 12.7. The lowest BCUT2D eigenvalue weighted by Gasteiger charge is -2.28. The predicted molar refractivity (Wildman–Crippen MR) is 161 cm³/mol. The van der Waals surface area contributed by atoms with Crippen molar-refractivity contribution in [3.05, 3.63) is 107 Å². The first-order valence-corrected chi connectivity index (χ1v) is 14.2. The van der Waals surface area contributed by atoms with E-state index in [4.69, 9.17) is 5.73 Å². The molecule has 8 heteroatoms. The number of nitrogens with zero attached hydrogens (tertiary/aromatic N) is 6. The molecule has 1 fully saturated rings. The number of allylic oxidation sites excluding steroid dienone is 7. The molecule has 4 aliphatic rings. The number of benzene rings is 1. The van der Waals surface area contributed by atoms with Crippen LogP contribution in [0.25, 0.3) is 22.6 Å². The highest BCUT2D eigenvalue weighted by Crippen LogP contribution is 2.40. The minimum absolute atomic E-state index is 0.181. The smallest absolute Gasteiger partial charge is 0.399 e. The lowest BCUT2D eigenvalue weighted by atomic mass is 9.86. The van der Waals surface area contributed by atoms with Crippen molar-refractivity contribution in [3.63, 3.8) is 0 Å². The average Bonchev–Trinajstić information content (AvgIpc) is 3.66. The summed E-state index contributed by atoms with van der Waals surface area (Å²) in [5, 5.41) is 9.08. The molecule has 0 spiro atoms. The average molecular weight is 527 g/mol. The normalized spacial score (nSPS) is 19.7. The third-order valence-electron chi connectivity index (χ3n) is 8.07. The van der Waals surface area contributed by atoms with Crippen LogP contribution in [0, 0.1) is 12.3 Å². The Morgan fingerprint density at radius 3 is 2.65 bits per heavy atom. The van der Waals surface area contributed by atoms with Gasteiger partial charge < -0.3 is 10.2 Å². The van der Waals surface area contributed by atoms with Crippen LogP contribution in [0.2, 0.25) is 0 Å². The van der Waals surface area contributed by atoms with Crippen LogP contribution in [-0.2, 0) is 0 Å². The summed E-state index contributed by atoms with van der Waals surface area (Å²) in [5.41, 5.74) is 14.7. The Balaban J connectivity index is 1.37. The fourth-order valence-corrected chi connectivity index (χ4v) is 6.26. The zero-order chi connectivity index (χ0) is 27.4. The molecule has 2 N–H and O–H groups in total. The Kier molecular flexibility index (Phi) is 5.80. The zero-order valence-corrected chi connectivity index (χ0v) is 23.4. The SMILES string of the molecule is Cc1cccc(-c2cn(-c3ccc4n3[B]N3C(=C4C4=CC(C)(C)C=C(N)C=C4)C=CC3=[N+]3CCCCC3)nn2)c1. The molecule has 2 aromatic heterocycles. The molecule has 7 nitrogen and oxygen atoms in total. The summed E-state index contributed by atoms with van der Waals surface area (Å²) >= 11 is 0. The molecular weight excluding hydrogens is 493 g/mol. The van der Waals surface area contributed by atoms with Crippen molar-refractivity contribution < 1.29 is 4.58 Å².